The summed E-state index contributed by atoms with van der Waals surface area (Å²) in [7, 11) is 0. The van der Waals surface area contributed by atoms with Crippen molar-refractivity contribution in [1.82, 2.24) is 4.98 Å². The standard InChI is InChI=1S/C13H12N4O3/c1-8-6-10(17(19)20)2-3-11(8)16-13(18)9-4-5-15-12(14)7-9/h2-7H,1H3,(H2,14,15)(H,16,18). The highest BCUT2D eigenvalue weighted by atomic mass is 16.6. The molecule has 0 atom stereocenters. The van der Waals surface area contributed by atoms with Crippen molar-refractivity contribution < 1.29 is 9.72 Å². The van der Waals surface area contributed by atoms with Crippen molar-refractivity contribution in [2.75, 3.05) is 11.1 Å². The molecule has 2 rings (SSSR count). The molecule has 3 N–H and O–H groups in total. The fraction of sp³-hybridized carbons (Fsp3) is 0.0769. The van der Waals surface area contributed by atoms with E-state index in [0.29, 0.717) is 16.8 Å². The van der Waals surface area contributed by atoms with Gasteiger partial charge in [0.1, 0.15) is 5.82 Å². The molecule has 1 aromatic carbocycles. The largest absolute Gasteiger partial charge is 0.384 e. The normalized spacial score (nSPS) is 10.1. The van der Waals surface area contributed by atoms with E-state index in [4.69, 9.17) is 5.73 Å². The molecule has 0 unspecified atom stereocenters. The van der Waals surface area contributed by atoms with E-state index in [2.05, 4.69) is 10.3 Å². The van der Waals surface area contributed by atoms with Gasteiger partial charge in [0, 0.05) is 29.6 Å². The Morgan fingerprint density at radius 2 is 2.10 bits per heavy atom. The van der Waals surface area contributed by atoms with E-state index < -0.39 is 4.92 Å². The number of nitrogens with zero attached hydrogens (tertiary/aromatic N) is 2. The third kappa shape index (κ3) is 2.89. The van der Waals surface area contributed by atoms with Crippen LogP contribution < -0.4 is 11.1 Å². The molecule has 7 heteroatoms. The van der Waals surface area contributed by atoms with Crippen LogP contribution in [0.5, 0.6) is 0 Å². The molecular weight excluding hydrogens is 260 g/mol. The predicted molar refractivity (Wildman–Crippen MR) is 74.4 cm³/mol. The molecule has 2 aromatic rings. The summed E-state index contributed by atoms with van der Waals surface area (Å²) < 4.78 is 0. The fourth-order valence-electron chi connectivity index (χ4n) is 1.69. The Labute approximate surface area is 114 Å². The van der Waals surface area contributed by atoms with Crippen molar-refractivity contribution >= 4 is 23.1 Å². The lowest BCUT2D eigenvalue weighted by Gasteiger charge is -2.08. The Morgan fingerprint density at radius 3 is 2.70 bits per heavy atom. The van der Waals surface area contributed by atoms with Crippen LogP contribution in [0.2, 0.25) is 0 Å². The van der Waals surface area contributed by atoms with Crippen LogP contribution in [0.3, 0.4) is 0 Å². The number of aryl methyl sites for hydroxylation is 1. The number of amides is 1. The number of hydrogen-bond donors (Lipinski definition) is 2. The number of aromatic nitrogens is 1. The Kier molecular flexibility index (Phi) is 3.60. The third-order valence-electron chi connectivity index (χ3n) is 2.71. The lowest BCUT2D eigenvalue weighted by Crippen LogP contribution is -2.13. The van der Waals surface area contributed by atoms with E-state index >= 15 is 0 Å². The van der Waals surface area contributed by atoms with Crippen LogP contribution in [-0.4, -0.2) is 15.8 Å². The molecule has 7 nitrogen and oxygen atoms in total. The van der Waals surface area contributed by atoms with Gasteiger partial charge in [-0.3, -0.25) is 14.9 Å². The maximum atomic E-state index is 12.0. The van der Waals surface area contributed by atoms with Crippen LogP contribution in [0.4, 0.5) is 17.2 Å². The van der Waals surface area contributed by atoms with Gasteiger partial charge in [0.2, 0.25) is 0 Å². The van der Waals surface area contributed by atoms with E-state index in [1.54, 1.807) is 6.92 Å². The summed E-state index contributed by atoms with van der Waals surface area (Å²) in [6.45, 7) is 1.68. The van der Waals surface area contributed by atoms with E-state index in [1.807, 2.05) is 0 Å². The number of anilines is 2. The number of hydrogen-bond acceptors (Lipinski definition) is 5. The van der Waals surface area contributed by atoms with Crippen LogP contribution in [0.1, 0.15) is 15.9 Å². The topological polar surface area (TPSA) is 111 Å². The zero-order valence-electron chi connectivity index (χ0n) is 10.7. The summed E-state index contributed by atoms with van der Waals surface area (Å²) in [6.07, 6.45) is 1.44. The van der Waals surface area contributed by atoms with Gasteiger partial charge in [0.05, 0.1) is 4.92 Å². The minimum absolute atomic E-state index is 0.0198. The number of pyridine rings is 1. The summed E-state index contributed by atoms with van der Waals surface area (Å²) in [5.41, 5.74) is 6.97. The average molecular weight is 272 g/mol. The lowest BCUT2D eigenvalue weighted by atomic mass is 10.1. The first kappa shape index (κ1) is 13.5. The van der Waals surface area contributed by atoms with Gasteiger partial charge in [0.15, 0.2) is 0 Å². The number of nitrogens with two attached hydrogens (primary N) is 1. The van der Waals surface area contributed by atoms with Gasteiger partial charge in [-0.1, -0.05) is 0 Å². The van der Waals surface area contributed by atoms with Gasteiger partial charge in [-0.05, 0) is 30.7 Å². The number of non-ortho nitro benzene ring substituents is 1. The third-order valence-corrected chi connectivity index (χ3v) is 2.71. The number of nitro groups is 1. The van der Waals surface area contributed by atoms with Gasteiger partial charge >= 0.3 is 0 Å². The molecule has 0 aliphatic heterocycles. The number of rotatable bonds is 3. The van der Waals surface area contributed by atoms with Gasteiger partial charge in [-0.2, -0.15) is 0 Å². The molecular formula is C13H12N4O3. The van der Waals surface area contributed by atoms with Gasteiger partial charge in [-0.25, -0.2) is 4.98 Å². The number of carbonyl (C=O) groups excluding carboxylic acids is 1. The molecule has 0 aliphatic rings. The quantitative estimate of drug-likeness (QED) is 0.656. The minimum atomic E-state index is -0.484. The van der Waals surface area contributed by atoms with Crippen LogP contribution in [-0.2, 0) is 0 Å². The van der Waals surface area contributed by atoms with Crippen molar-refractivity contribution in [3.05, 3.63) is 57.8 Å². The Balaban J connectivity index is 2.22. The van der Waals surface area contributed by atoms with E-state index in [9.17, 15) is 14.9 Å². The Bertz CT molecular complexity index is 685. The van der Waals surface area contributed by atoms with Crippen molar-refractivity contribution in [3.63, 3.8) is 0 Å². The number of nitro benzene ring substituents is 1. The highest BCUT2D eigenvalue weighted by Gasteiger charge is 2.11. The smallest absolute Gasteiger partial charge is 0.269 e. The molecule has 1 amide bonds. The maximum Gasteiger partial charge on any atom is 0.269 e. The fourth-order valence-corrected chi connectivity index (χ4v) is 1.69. The Hall–Kier alpha value is -2.96. The van der Waals surface area contributed by atoms with Crippen molar-refractivity contribution in [1.29, 1.82) is 0 Å². The molecule has 0 spiro atoms. The molecule has 1 aromatic heterocycles. The summed E-state index contributed by atoms with van der Waals surface area (Å²) in [5.74, 6) is -0.103. The van der Waals surface area contributed by atoms with E-state index in [1.165, 1.54) is 36.5 Å². The molecule has 0 saturated carbocycles. The summed E-state index contributed by atoms with van der Waals surface area (Å²) in [6, 6.07) is 7.22. The van der Waals surface area contributed by atoms with Crippen LogP contribution in [0.15, 0.2) is 36.5 Å². The summed E-state index contributed by atoms with van der Waals surface area (Å²) >= 11 is 0. The van der Waals surface area contributed by atoms with Crippen molar-refractivity contribution in [2.24, 2.45) is 0 Å². The maximum absolute atomic E-state index is 12.0. The Morgan fingerprint density at radius 1 is 1.35 bits per heavy atom. The first-order valence-corrected chi connectivity index (χ1v) is 5.75. The van der Waals surface area contributed by atoms with Crippen LogP contribution in [0, 0.1) is 17.0 Å². The molecule has 1 heterocycles. The second kappa shape index (κ2) is 5.35. The highest BCUT2D eigenvalue weighted by Crippen LogP contribution is 2.21. The first-order valence-electron chi connectivity index (χ1n) is 5.75. The van der Waals surface area contributed by atoms with Crippen molar-refractivity contribution in [3.8, 4) is 0 Å². The molecule has 20 heavy (non-hydrogen) atoms. The van der Waals surface area contributed by atoms with Crippen LogP contribution >= 0.6 is 0 Å². The van der Waals surface area contributed by atoms with Crippen molar-refractivity contribution in [2.45, 2.75) is 6.92 Å². The summed E-state index contributed by atoms with van der Waals surface area (Å²) in [5, 5.41) is 13.3. The number of carbonyl (C=O) groups is 1. The minimum Gasteiger partial charge on any atom is -0.384 e. The average Bonchev–Trinajstić information content (AvgIpc) is 2.40. The first-order chi connectivity index (χ1) is 9.47. The van der Waals surface area contributed by atoms with Gasteiger partial charge in [-0.15, -0.1) is 0 Å². The zero-order chi connectivity index (χ0) is 14.7. The lowest BCUT2D eigenvalue weighted by molar-refractivity contribution is -0.384. The molecule has 0 bridgehead atoms. The molecule has 102 valence electrons. The molecule has 0 radical (unpaired) electrons. The SMILES string of the molecule is Cc1cc([N+](=O)[O-])ccc1NC(=O)c1ccnc(N)c1. The summed E-state index contributed by atoms with van der Waals surface area (Å²) in [4.78, 5) is 26.0. The number of benzene rings is 1. The molecule has 0 aliphatic carbocycles. The molecule has 0 saturated heterocycles. The monoisotopic (exact) mass is 272 g/mol. The predicted octanol–water partition coefficient (Wildman–Crippen LogP) is 2.13. The van der Waals surface area contributed by atoms with Crippen LogP contribution in [0.25, 0.3) is 0 Å². The second-order valence-electron chi connectivity index (χ2n) is 4.18. The van der Waals surface area contributed by atoms with E-state index in [-0.39, 0.29) is 17.4 Å². The van der Waals surface area contributed by atoms with E-state index in [0.717, 1.165) is 0 Å². The zero-order valence-corrected chi connectivity index (χ0v) is 10.7. The number of nitrogen functional groups attached to an aromatic ring is 1. The second-order valence-corrected chi connectivity index (χ2v) is 4.18. The van der Waals surface area contributed by atoms with Gasteiger partial charge in [0.25, 0.3) is 11.6 Å². The molecule has 0 fully saturated rings. The van der Waals surface area contributed by atoms with Gasteiger partial charge < -0.3 is 11.1 Å². The highest BCUT2D eigenvalue weighted by molar-refractivity contribution is 6.05. The number of nitrogens with one attached hydrogen (secondary N) is 1.